The molecule has 1 N–H and O–H groups in total. The summed E-state index contributed by atoms with van der Waals surface area (Å²) < 4.78 is 28.2. The quantitative estimate of drug-likeness (QED) is 0.735. The number of benzene rings is 2. The molecule has 0 aliphatic rings. The number of rotatable bonds is 4. The summed E-state index contributed by atoms with van der Waals surface area (Å²) in [6, 6.07) is 11.5. The molecule has 0 bridgehead atoms. The van der Waals surface area contributed by atoms with Crippen LogP contribution in [0, 0.1) is 6.92 Å². The zero-order chi connectivity index (χ0) is 17.9. The number of nitrogens with one attached hydrogen (secondary N) is 1. The molecule has 0 aliphatic carbocycles. The average Bonchev–Trinajstić information content (AvgIpc) is 2.51. The summed E-state index contributed by atoms with van der Waals surface area (Å²) in [7, 11) is -0.298. The largest absolute Gasteiger partial charge is 0.339 e. The van der Waals surface area contributed by atoms with E-state index in [-0.39, 0.29) is 10.1 Å². The second kappa shape index (κ2) is 7.58. The first-order valence-electron chi connectivity index (χ1n) is 6.97. The van der Waals surface area contributed by atoms with E-state index < -0.39 is 10.0 Å². The Morgan fingerprint density at radius 3 is 2.29 bits per heavy atom. The normalized spacial score (nSPS) is 11.2. The number of nitrogens with zero attached hydrogens (tertiary/aromatic N) is 1. The van der Waals surface area contributed by atoms with E-state index in [0.29, 0.717) is 5.69 Å². The lowest BCUT2D eigenvalue weighted by Gasteiger charge is -2.11. The van der Waals surface area contributed by atoms with Crippen molar-refractivity contribution in [2.75, 3.05) is 18.8 Å². The molecule has 0 fully saturated rings. The van der Waals surface area contributed by atoms with Crippen molar-refractivity contribution in [3.63, 3.8) is 0 Å². The SMILES string of the molecule is Cc1cc(S(=O)(=O)Nc2ccc(SC(=O)N(C)C)cc2)ccc1Br. The Bertz CT molecular complexity index is 850. The lowest BCUT2D eigenvalue weighted by molar-refractivity contribution is 0.241. The Kier molecular flexibility index (Phi) is 5.95. The smallest absolute Gasteiger partial charge is 0.285 e. The van der Waals surface area contributed by atoms with Crippen LogP contribution in [0.25, 0.3) is 0 Å². The number of anilines is 1. The highest BCUT2D eigenvalue weighted by molar-refractivity contribution is 9.10. The first-order valence-corrected chi connectivity index (χ1v) is 10.1. The maximum absolute atomic E-state index is 12.4. The fourth-order valence-corrected chi connectivity index (χ4v) is 3.83. The first-order chi connectivity index (χ1) is 11.2. The third kappa shape index (κ3) is 4.75. The number of aryl methyl sites for hydroxylation is 1. The Morgan fingerprint density at radius 2 is 1.75 bits per heavy atom. The molecule has 128 valence electrons. The topological polar surface area (TPSA) is 66.5 Å². The lowest BCUT2D eigenvalue weighted by Crippen LogP contribution is -2.16. The molecule has 2 rings (SSSR count). The van der Waals surface area contributed by atoms with Crippen LogP contribution in [0.1, 0.15) is 5.56 Å². The molecule has 0 aromatic heterocycles. The molecule has 2 aromatic carbocycles. The van der Waals surface area contributed by atoms with Crippen LogP contribution >= 0.6 is 27.7 Å². The highest BCUT2D eigenvalue weighted by Gasteiger charge is 2.15. The molecule has 0 atom stereocenters. The first kappa shape index (κ1) is 18.8. The summed E-state index contributed by atoms with van der Waals surface area (Å²) in [5.41, 5.74) is 1.28. The third-order valence-electron chi connectivity index (χ3n) is 3.12. The molecular weight excluding hydrogens is 412 g/mol. The fourth-order valence-electron chi connectivity index (χ4n) is 1.78. The van der Waals surface area contributed by atoms with Gasteiger partial charge in [-0.3, -0.25) is 9.52 Å². The highest BCUT2D eigenvalue weighted by atomic mass is 79.9. The maximum Gasteiger partial charge on any atom is 0.285 e. The molecule has 2 aromatic rings. The van der Waals surface area contributed by atoms with Crippen LogP contribution in [0.3, 0.4) is 0 Å². The number of thioether (sulfide) groups is 1. The number of amides is 1. The van der Waals surface area contributed by atoms with Gasteiger partial charge in [0, 0.05) is 29.2 Å². The van der Waals surface area contributed by atoms with Gasteiger partial charge in [0.15, 0.2) is 0 Å². The minimum atomic E-state index is -3.65. The van der Waals surface area contributed by atoms with Gasteiger partial charge in [0.25, 0.3) is 15.3 Å². The molecule has 8 heteroatoms. The van der Waals surface area contributed by atoms with Gasteiger partial charge in [-0.15, -0.1) is 0 Å². The second-order valence-electron chi connectivity index (χ2n) is 5.30. The summed E-state index contributed by atoms with van der Waals surface area (Å²) in [4.78, 5) is 14.1. The minimum Gasteiger partial charge on any atom is -0.339 e. The number of halogens is 1. The van der Waals surface area contributed by atoms with Gasteiger partial charge >= 0.3 is 0 Å². The molecule has 0 unspecified atom stereocenters. The molecule has 0 aliphatic heterocycles. The molecule has 0 saturated carbocycles. The van der Waals surface area contributed by atoms with Crippen LogP contribution in [-0.2, 0) is 10.0 Å². The summed E-state index contributed by atoms with van der Waals surface area (Å²) in [6.07, 6.45) is 0. The van der Waals surface area contributed by atoms with Crippen molar-refractivity contribution in [2.45, 2.75) is 16.7 Å². The van der Waals surface area contributed by atoms with Gasteiger partial charge in [-0.05, 0) is 66.7 Å². The molecule has 24 heavy (non-hydrogen) atoms. The molecular formula is C16H17BrN2O3S2. The van der Waals surface area contributed by atoms with Gasteiger partial charge in [0.2, 0.25) is 0 Å². The van der Waals surface area contributed by atoms with Crippen LogP contribution in [0.5, 0.6) is 0 Å². The van der Waals surface area contributed by atoms with Gasteiger partial charge in [0.05, 0.1) is 4.90 Å². The number of sulfonamides is 1. The van der Waals surface area contributed by atoms with Crippen molar-refractivity contribution in [1.29, 1.82) is 0 Å². The Balaban J connectivity index is 2.15. The van der Waals surface area contributed by atoms with Crippen LogP contribution in [-0.4, -0.2) is 32.7 Å². The lowest BCUT2D eigenvalue weighted by atomic mass is 10.2. The van der Waals surface area contributed by atoms with Gasteiger partial charge in [-0.1, -0.05) is 15.9 Å². The summed E-state index contributed by atoms with van der Waals surface area (Å²) in [5, 5.41) is -0.0892. The number of hydrogen-bond acceptors (Lipinski definition) is 4. The van der Waals surface area contributed by atoms with Crippen molar-refractivity contribution in [1.82, 2.24) is 4.90 Å². The van der Waals surface area contributed by atoms with E-state index in [4.69, 9.17) is 0 Å². The van der Waals surface area contributed by atoms with Crippen molar-refractivity contribution in [3.8, 4) is 0 Å². The minimum absolute atomic E-state index is 0.0892. The Hall–Kier alpha value is -1.51. The van der Waals surface area contributed by atoms with Gasteiger partial charge in [-0.25, -0.2) is 8.42 Å². The van der Waals surface area contributed by atoms with Crippen LogP contribution in [0.4, 0.5) is 10.5 Å². The predicted molar refractivity (Wildman–Crippen MR) is 101 cm³/mol. The van der Waals surface area contributed by atoms with E-state index in [2.05, 4.69) is 20.7 Å². The van der Waals surface area contributed by atoms with Crippen LogP contribution < -0.4 is 4.72 Å². The summed E-state index contributed by atoms with van der Waals surface area (Å²) in [5.74, 6) is 0. The molecule has 1 amide bonds. The Labute approximate surface area is 154 Å². The van der Waals surface area contributed by atoms with Crippen molar-refractivity contribution < 1.29 is 13.2 Å². The monoisotopic (exact) mass is 428 g/mol. The standard InChI is InChI=1S/C16H17BrN2O3S2/c1-11-10-14(8-9-15(11)17)24(21,22)18-12-4-6-13(7-5-12)23-16(20)19(2)3/h4-10,18H,1-3H3. The molecule has 5 nitrogen and oxygen atoms in total. The molecule has 0 radical (unpaired) electrons. The maximum atomic E-state index is 12.4. The second-order valence-corrected chi connectivity index (χ2v) is 8.86. The number of hydrogen-bond donors (Lipinski definition) is 1. The van der Waals surface area contributed by atoms with Crippen LogP contribution in [0.15, 0.2) is 56.7 Å². The zero-order valence-electron chi connectivity index (χ0n) is 13.4. The highest BCUT2D eigenvalue weighted by Crippen LogP contribution is 2.25. The van der Waals surface area contributed by atoms with Crippen molar-refractivity contribution in [2.24, 2.45) is 0 Å². The zero-order valence-corrected chi connectivity index (χ0v) is 16.6. The number of carbonyl (C=O) groups excluding carboxylic acids is 1. The van der Waals surface area contributed by atoms with Gasteiger partial charge in [0.1, 0.15) is 0 Å². The van der Waals surface area contributed by atoms with Crippen molar-refractivity contribution in [3.05, 3.63) is 52.5 Å². The van der Waals surface area contributed by atoms with E-state index >= 15 is 0 Å². The van der Waals surface area contributed by atoms with Crippen LogP contribution in [0.2, 0.25) is 0 Å². The third-order valence-corrected chi connectivity index (χ3v) is 6.43. The van der Waals surface area contributed by atoms with Crippen molar-refractivity contribution >= 4 is 48.6 Å². The summed E-state index contributed by atoms with van der Waals surface area (Å²) >= 11 is 4.43. The fraction of sp³-hybridized carbons (Fsp3) is 0.188. The molecule has 0 heterocycles. The van der Waals surface area contributed by atoms with Gasteiger partial charge in [-0.2, -0.15) is 0 Å². The van der Waals surface area contributed by atoms with E-state index in [1.54, 1.807) is 56.6 Å². The van der Waals surface area contributed by atoms with E-state index in [9.17, 15) is 13.2 Å². The van der Waals surface area contributed by atoms with Gasteiger partial charge < -0.3 is 4.90 Å². The number of carbonyl (C=O) groups is 1. The average molecular weight is 429 g/mol. The molecule has 0 spiro atoms. The van der Waals surface area contributed by atoms with E-state index in [1.807, 2.05) is 6.92 Å². The Morgan fingerprint density at radius 1 is 1.12 bits per heavy atom. The van der Waals surface area contributed by atoms with E-state index in [0.717, 1.165) is 26.7 Å². The molecule has 0 saturated heterocycles. The van der Waals surface area contributed by atoms with E-state index in [1.165, 1.54) is 4.90 Å². The predicted octanol–water partition coefficient (Wildman–Crippen LogP) is 4.33. The summed E-state index contributed by atoms with van der Waals surface area (Å²) in [6.45, 7) is 1.83.